The maximum absolute atomic E-state index is 13.1. The van der Waals surface area contributed by atoms with Crippen molar-refractivity contribution < 1.29 is 19.1 Å². The summed E-state index contributed by atoms with van der Waals surface area (Å²) in [5, 5.41) is 0. The van der Waals surface area contributed by atoms with E-state index in [1.807, 2.05) is 12.1 Å². The number of anilines is 1. The molecule has 0 unspecified atom stereocenters. The number of nitrogens with zero attached hydrogens (tertiary/aromatic N) is 1. The van der Waals surface area contributed by atoms with Gasteiger partial charge in [-0.15, -0.1) is 0 Å². The number of hydrogen-bond acceptors (Lipinski definition) is 4. The van der Waals surface area contributed by atoms with Gasteiger partial charge in [0.15, 0.2) is 0 Å². The minimum atomic E-state index is -0.510. The first-order chi connectivity index (χ1) is 14.7. The molecule has 2 aromatic carbocycles. The quantitative estimate of drug-likeness (QED) is 0.411. The van der Waals surface area contributed by atoms with E-state index < -0.39 is 5.97 Å². The predicted octanol–water partition coefficient (Wildman–Crippen LogP) is 4.74. The second-order valence-electron chi connectivity index (χ2n) is 10.1. The number of amides is 2. The molecule has 5 nitrogen and oxygen atoms in total. The fourth-order valence-corrected chi connectivity index (χ4v) is 5.62. The van der Waals surface area contributed by atoms with Crippen LogP contribution < -0.4 is 9.64 Å². The van der Waals surface area contributed by atoms with E-state index in [2.05, 4.69) is 20.8 Å². The molecule has 0 N–H and O–H groups in total. The lowest BCUT2D eigenvalue weighted by Crippen LogP contribution is -2.32. The van der Waals surface area contributed by atoms with Crippen LogP contribution in [0.1, 0.15) is 56.0 Å². The largest absolute Gasteiger partial charge is 0.423 e. The number of hydrogen-bond donors (Lipinski definition) is 0. The Bertz CT molecular complexity index is 1040. The monoisotopic (exact) mass is 417 g/mol. The second kappa shape index (κ2) is 7.04. The molecule has 1 saturated heterocycles. The standard InChI is InChI=1S/C26H27NO4/c1-26(2,3)18-9-11-20(12-10-18)31-25(30)17-5-4-6-19(14-17)27-23(28)21-15-7-8-16(13-15)22(21)24(27)29/h4-6,9-12,14-16,21-22H,7-8,13H2,1-3H3/t15-,16-,21-,22+/m0/s1. The molecule has 31 heavy (non-hydrogen) atoms. The van der Waals surface area contributed by atoms with Crippen LogP contribution in [-0.2, 0) is 15.0 Å². The van der Waals surface area contributed by atoms with Crippen LogP contribution in [0.2, 0.25) is 0 Å². The van der Waals surface area contributed by atoms with E-state index in [0.29, 0.717) is 28.8 Å². The van der Waals surface area contributed by atoms with Gasteiger partial charge in [-0.3, -0.25) is 14.5 Å². The van der Waals surface area contributed by atoms with E-state index in [1.165, 1.54) is 4.90 Å². The van der Waals surface area contributed by atoms with Crippen molar-refractivity contribution in [3.05, 3.63) is 59.7 Å². The van der Waals surface area contributed by atoms with E-state index in [-0.39, 0.29) is 29.1 Å². The lowest BCUT2D eigenvalue weighted by atomic mass is 9.81. The van der Waals surface area contributed by atoms with Crippen LogP contribution in [-0.4, -0.2) is 17.8 Å². The molecule has 0 radical (unpaired) electrons. The molecule has 2 saturated carbocycles. The first kappa shape index (κ1) is 20.0. The van der Waals surface area contributed by atoms with Crippen LogP contribution in [0.5, 0.6) is 5.75 Å². The van der Waals surface area contributed by atoms with Crippen molar-refractivity contribution in [3.8, 4) is 5.75 Å². The van der Waals surface area contributed by atoms with Gasteiger partial charge in [0, 0.05) is 0 Å². The maximum atomic E-state index is 13.1. The minimum absolute atomic E-state index is 0.0173. The van der Waals surface area contributed by atoms with Gasteiger partial charge in [0.2, 0.25) is 11.8 Å². The molecule has 1 heterocycles. The highest BCUT2D eigenvalue weighted by atomic mass is 16.5. The molecular formula is C26H27NO4. The van der Waals surface area contributed by atoms with Crippen LogP contribution in [0.4, 0.5) is 5.69 Å². The summed E-state index contributed by atoms with van der Waals surface area (Å²) < 4.78 is 5.53. The van der Waals surface area contributed by atoms with Crippen molar-refractivity contribution in [3.63, 3.8) is 0 Å². The minimum Gasteiger partial charge on any atom is -0.423 e. The van der Waals surface area contributed by atoms with E-state index in [0.717, 1.165) is 24.8 Å². The van der Waals surface area contributed by atoms with Crippen LogP contribution >= 0.6 is 0 Å². The van der Waals surface area contributed by atoms with Crippen molar-refractivity contribution in [1.29, 1.82) is 0 Å². The number of benzene rings is 2. The molecule has 2 amide bonds. The molecule has 2 bridgehead atoms. The SMILES string of the molecule is CC(C)(C)c1ccc(OC(=O)c2cccc(N3C(=O)[C@@H]4[C@H]5CC[C@@H](C5)[C@@H]4C3=O)c2)cc1. The molecule has 0 aromatic heterocycles. The van der Waals surface area contributed by atoms with Gasteiger partial charge < -0.3 is 4.74 Å². The molecular weight excluding hydrogens is 390 g/mol. The summed E-state index contributed by atoms with van der Waals surface area (Å²) in [6, 6.07) is 14.1. The summed E-state index contributed by atoms with van der Waals surface area (Å²) in [4.78, 5) is 40.1. The summed E-state index contributed by atoms with van der Waals surface area (Å²) in [5.41, 5.74) is 1.95. The van der Waals surface area contributed by atoms with E-state index in [9.17, 15) is 14.4 Å². The highest BCUT2D eigenvalue weighted by Crippen LogP contribution is 2.56. The fourth-order valence-electron chi connectivity index (χ4n) is 5.62. The maximum Gasteiger partial charge on any atom is 0.343 e. The first-order valence-corrected chi connectivity index (χ1v) is 11.0. The number of fused-ring (bicyclic) bond motifs is 5. The Kier molecular flexibility index (Phi) is 4.54. The molecule has 1 aliphatic heterocycles. The van der Waals surface area contributed by atoms with Crippen LogP contribution in [0.3, 0.4) is 0 Å². The Morgan fingerprint density at radius 1 is 0.935 bits per heavy atom. The smallest absolute Gasteiger partial charge is 0.343 e. The zero-order valence-corrected chi connectivity index (χ0v) is 18.1. The number of imide groups is 1. The van der Waals surface area contributed by atoms with Gasteiger partial charge in [-0.05, 0) is 72.4 Å². The zero-order valence-electron chi connectivity index (χ0n) is 18.1. The number of ether oxygens (including phenoxy) is 1. The number of carbonyl (C=O) groups is 3. The van der Waals surface area contributed by atoms with Gasteiger partial charge in [0.25, 0.3) is 0 Å². The molecule has 4 atom stereocenters. The van der Waals surface area contributed by atoms with Crippen LogP contribution in [0.25, 0.3) is 0 Å². The molecule has 2 aromatic rings. The van der Waals surface area contributed by atoms with E-state index >= 15 is 0 Å². The zero-order chi connectivity index (χ0) is 21.9. The number of carbonyl (C=O) groups excluding carboxylic acids is 3. The highest BCUT2D eigenvalue weighted by Gasteiger charge is 2.61. The molecule has 5 heteroatoms. The van der Waals surface area contributed by atoms with Gasteiger partial charge in [-0.1, -0.05) is 39.0 Å². The van der Waals surface area contributed by atoms with Crippen molar-refractivity contribution in [2.45, 2.75) is 45.4 Å². The first-order valence-electron chi connectivity index (χ1n) is 11.0. The molecule has 160 valence electrons. The van der Waals surface area contributed by atoms with E-state index in [1.54, 1.807) is 36.4 Å². The average Bonchev–Trinajstić information content (AvgIpc) is 3.41. The molecule has 2 aliphatic carbocycles. The fraction of sp³-hybridized carbons (Fsp3) is 0.423. The molecule has 3 aliphatic rings. The van der Waals surface area contributed by atoms with Crippen molar-refractivity contribution in [1.82, 2.24) is 0 Å². The molecule has 3 fully saturated rings. The second-order valence-corrected chi connectivity index (χ2v) is 10.1. The predicted molar refractivity (Wildman–Crippen MR) is 117 cm³/mol. The Balaban J connectivity index is 1.35. The Morgan fingerprint density at radius 3 is 2.13 bits per heavy atom. The third kappa shape index (κ3) is 3.27. The van der Waals surface area contributed by atoms with Crippen LogP contribution in [0.15, 0.2) is 48.5 Å². The van der Waals surface area contributed by atoms with Crippen molar-refractivity contribution in [2.24, 2.45) is 23.7 Å². The van der Waals surface area contributed by atoms with Crippen molar-refractivity contribution >= 4 is 23.5 Å². The summed E-state index contributed by atoms with van der Waals surface area (Å²) in [5.74, 6) is 0.0521. The summed E-state index contributed by atoms with van der Waals surface area (Å²) >= 11 is 0. The Morgan fingerprint density at radius 2 is 1.55 bits per heavy atom. The van der Waals surface area contributed by atoms with Crippen LogP contribution in [0, 0.1) is 23.7 Å². The number of esters is 1. The van der Waals surface area contributed by atoms with Gasteiger partial charge in [-0.2, -0.15) is 0 Å². The average molecular weight is 418 g/mol. The molecule has 5 rings (SSSR count). The summed E-state index contributed by atoms with van der Waals surface area (Å²) in [6.45, 7) is 6.38. The highest BCUT2D eigenvalue weighted by molar-refractivity contribution is 6.22. The number of rotatable bonds is 3. The summed E-state index contributed by atoms with van der Waals surface area (Å²) in [6.07, 6.45) is 3.08. The lowest BCUT2D eigenvalue weighted by Gasteiger charge is -2.19. The molecule has 0 spiro atoms. The summed E-state index contributed by atoms with van der Waals surface area (Å²) in [7, 11) is 0. The van der Waals surface area contributed by atoms with Crippen molar-refractivity contribution in [2.75, 3.05) is 4.90 Å². The Labute approximate surface area is 182 Å². The third-order valence-electron chi connectivity index (χ3n) is 7.20. The van der Waals surface area contributed by atoms with Gasteiger partial charge in [0.1, 0.15) is 5.75 Å². The topological polar surface area (TPSA) is 63.7 Å². The van der Waals surface area contributed by atoms with E-state index in [4.69, 9.17) is 4.74 Å². The van der Waals surface area contributed by atoms with Gasteiger partial charge >= 0.3 is 5.97 Å². The third-order valence-corrected chi connectivity index (χ3v) is 7.20. The normalized spacial score (nSPS) is 27.0. The van der Waals surface area contributed by atoms with Gasteiger partial charge in [-0.25, -0.2) is 4.79 Å². The lowest BCUT2D eigenvalue weighted by molar-refractivity contribution is -0.123. The Hall–Kier alpha value is -2.95. The van der Waals surface area contributed by atoms with Gasteiger partial charge in [0.05, 0.1) is 23.1 Å².